The zero-order chi connectivity index (χ0) is 26.6. The van der Waals surface area contributed by atoms with Crippen LogP contribution in [0.5, 0.6) is 17.2 Å². The second kappa shape index (κ2) is 11.2. The van der Waals surface area contributed by atoms with Crippen LogP contribution in [-0.2, 0) is 17.8 Å². The van der Waals surface area contributed by atoms with Crippen molar-refractivity contribution < 1.29 is 28.2 Å². The van der Waals surface area contributed by atoms with Gasteiger partial charge in [0, 0.05) is 50.2 Å². The Morgan fingerprint density at radius 2 is 1.74 bits per heavy atom. The molecule has 1 N–H and O–H groups in total. The topological polar surface area (TPSA) is 93.5 Å². The van der Waals surface area contributed by atoms with Crippen molar-refractivity contribution in [1.82, 2.24) is 15.1 Å². The number of fused-ring (bicyclic) bond motifs is 2. The highest BCUT2D eigenvalue weighted by atomic mass is 16.5. The van der Waals surface area contributed by atoms with Crippen molar-refractivity contribution in [3.05, 3.63) is 64.9 Å². The fraction of sp³-hybridized carbons (Fsp3) is 0.379. The average molecular weight is 520 g/mol. The molecule has 1 aromatic heterocycles. The summed E-state index contributed by atoms with van der Waals surface area (Å²) in [6, 6.07) is 11.1. The van der Waals surface area contributed by atoms with Gasteiger partial charge in [0.2, 0.25) is 0 Å². The van der Waals surface area contributed by atoms with E-state index in [0.717, 1.165) is 35.9 Å². The molecule has 0 spiro atoms. The molecule has 2 aliphatic heterocycles. The van der Waals surface area contributed by atoms with Gasteiger partial charge in [-0.2, -0.15) is 0 Å². The molecule has 9 nitrogen and oxygen atoms in total. The molecule has 5 rings (SSSR count). The Hall–Kier alpha value is -3.98. The molecule has 0 saturated carbocycles. The number of nitrogens with one attached hydrogen (secondary N) is 1. The Labute approximate surface area is 221 Å². The molecule has 0 bridgehead atoms. The van der Waals surface area contributed by atoms with Gasteiger partial charge >= 0.3 is 0 Å². The largest absolute Gasteiger partial charge is 0.497 e. The standard InChI is InChI=1S/C29H33N3O6/c1-35-23-6-7-24-21(13-23)15-27(38-24)28(33)30-9-12-31-10-4-5-20(17-31)29(34)32-11-8-19-14-25(36-2)26(37-3)16-22(19)18-32/h5-7,13-16H,4,8-12,17-18H2,1-3H3,(H,30,33). The number of benzene rings is 2. The minimum absolute atomic E-state index is 0.0666. The Bertz CT molecular complexity index is 1380. The maximum absolute atomic E-state index is 13.4. The number of furan rings is 1. The van der Waals surface area contributed by atoms with Gasteiger partial charge in [0.25, 0.3) is 11.8 Å². The smallest absolute Gasteiger partial charge is 0.287 e. The van der Waals surface area contributed by atoms with Crippen LogP contribution < -0.4 is 19.5 Å². The fourth-order valence-electron chi connectivity index (χ4n) is 5.09. The molecule has 0 unspecified atom stereocenters. The Kier molecular flexibility index (Phi) is 7.55. The van der Waals surface area contributed by atoms with Crippen molar-refractivity contribution in [3.63, 3.8) is 0 Å². The first-order valence-corrected chi connectivity index (χ1v) is 12.8. The number of hydrogen-bond donors (Lipinski definition) is 1. The van der Waals surface area contributed by atoms with E-state index in [4.69, 9.17) is 18.6 Å². The summed E-state index contributed by atoms with van der Waals surface area (Å²) in [6.07, 6.45) is 3.62. The third-order valence-electron chi connectivity index (χ3n) is 7.17. The summed E-state index contributed by atoms with van der Waals surface area (Å²) in [4.78, 5) is 30.1. The zero-order valence-electron chi connectivity index (χ0n) is 22.0. The molecule has 200 valence electrons. The Balaban J connectivity index is 1.14. The number of methoxy groups -OCH3 is 3. The summed E-state index contributed by atoms with van der Waals surface area (Å²) in [5.41, 5.74) is 3.71. The lowest BCUT2D eigenvalue weighted by atomic mass is 9.97. The van der Waals surface area contributed by atoms with E-state index >= 15 is 0 Å². The van der Waals surface area contributed by atoms with E-state index in [-0.39, 0.29) is 17.6 Å². The molecule has 0 atom stereocenters. The van der Waals surface area contributed by atoms with Gasteiger partial charge in [-0.3, -0.25) is 14.5 Å². The molecule has 0 saturated heterocycles. The minimum atomic E-state index is -0.261. The lowest BCUT2D eigenvalue weighted by Gasteiger charge is -2.33. The maximum Gasteiger partial charge on any atom is 0.287 e. The van der Waals surface area contributed by atoms with Gasteiger partial charge in [0.15, 0.2) is 17.3 Å². The van der Waals surface area contributed by atoms with Crippen LogP contribution in [0.2, 0.25) is 0 Å². The number of hydrogen-bond acceptors (Lipinski definition) is 7. The highest BCUT2D eigenvalue weighted by molar-refractivity contribution is 5.96. The lowest BCUT2D eigenvalue weighted by Crippen LogP contribution is -2.43. The molecule has 2 aliphatic rings. The van der Waals surface area contributed by atoms with Gasteiger partial charge in [-0.1, -0.05) is 6.08 Å². The van der Waals surface area contributed by atoms with Crippen molar-refractivity contribution in [2.75, 3.05) is 54.1 Å². The summed E-state index contributed by atoms with van der Waals surface area (Å²) in [6.45, 7) is 3.72. The van der Waals surface area contributed by atoms with Crippen LogP contribution in [0.1, 0.15) is 28.1 Å². The van der Waals surface area contributed by atoms with Crippen LogP contribution in [0.4, 0.5) is 0 Å². The molecule has 2 aromatic carbocycles. The molecular formula is C29H33N3O6. The first kappa shape index (κ1) is 25.7. The highest BCUT2D eigenvalue weighted by Gasteiger charge is 2.27. The summed E-state index contributed by atoms with van der Waals surface area (Å²) in [5.74, 6) is 2.17. The summed E-state index contributed by atoms with van der Waals surface area (Å²) < 4.78 is 21.8. The monoisotopic (exact) mass is 519 g/mol. The molecule has 9 heteroatoms. The van der Waals surface area contributed by atoms with Crippen molar-refractivity contribution in [2.45, 2.75) is 19.4 Å². The van der Waals surface area contributed by atoms with Crippen molar-refractivity contribution in [1.29, 1.82) is 0 Å². The third kappa shape index (κ3) is 5.33. The van der Waals surface area contributed by atoms with Crippen molar-refractivity contribution in [2.24, 2.45) is 0 Å². The molecule has 38 heavy (non-hydrogen) atoms. The molecule has 0 radical (unpaired) electrons. The second-order valence-corrected chi connectivity index (χ2v) is 9.52. The Morgan fingerprint density at radius 1 is 0.947 bits per heavy atom. The SMILES string of the molecule is COc1ccc2oc(C(=O)NCCN3CCC=C(C(=O)N4CCc5cc(OC)c(OC)cc5C4)C3)cc2c1. The quantitative estimate of drug-likeness (QED) is 0.488. The van der Waals surface area contributed by atoms with Crippen LogP contribution >= 0.6 is 0 Å². The van der Waals surface area contributed by atoms with E-state index in [2.05, 4.69) is 10.2 Å². The number of nitrogens with zero attached hydrogens (tertiary/aromatic N) is 2. The molecular weight excluding hydrogens is 486 g/mol. The minimum Gasteiger partial charge on any atom is -0.497 e. The normalized spacial score (nSPS) is 15.6. The number of carbonyl (C=O) groups is 2. The zero-order valence-corrected chi connectivity index (χ0v) is 22.0. The molecule has 0 fully saturated rings. The fourth-order valence-corrected chi connectivity index (χ4v) is 5.09. The van der Waals surface area contributed by atoms with Crippen LogP contribution in [0.15, 0.2) is 52.5 Å². The summed E-state index contributed by atoms with van der Waals surface area (Å²) >= 11 is 0. The number of amides is 2. The van der Waals surface area contributed by atoms with Crippen LogP contribution in [0.25, 0.3) is 11.0 Å². The van der Waals surface area contributed by atoms with Gasteiger partial charge in [-0.05, 0) is 60.4 Å². The predicted molar refractivity (Wildman–Crippen MR) is 143 cm³/mol. The van der Waals surface area contributed by atoms with E-state index in [1.807, 2.05) is 29.2 Å². The number of carbonyl (C=O) groups excluding carboxylic acids is 2. The first-order chi connectivity index (χ1) is 18.5. The predicted octanol–water partition coefficient (Wildman–Crippen LogP) is 3.41. The first-order valence-electron chi connectivity index (χ1n) is 12.8. The Morgan fingerprint density at radius 3 is 2.50 bits per heavy atom. The molecule has 3 aromatic rings. The van der Waals surface area contributed by atoms with Gasteiger partial charge in [-0.15, -0.1) is 0 Å². The van der Waals surface area contributed by atoms with Gasteiger partial charge in [-0.25, -0.2) is 0 Å². The van der Waals surface area contributed by atoms with E-state index < -0.39 is 0 Å². The van der Waals surface area contributed by atoms with Crippen LogP contribution in [0.3, 0.4) is 0 Å². The molecule has 3 heterocycles. The lowest BCUT2D eigenvalue weighted by molar-refractivity contribution is -0.128. The van der Waals surface area contributed by atoms with Gasteiger partial charge < -0.3 is 28.8 Å². The average Bonchev–Trinajstić information content (AvgIpc) is 3.39. The molecule has 2 amide bonds. The highest BCUT2D eigenvalue weighted by Crippen LogP contribution is 2.33. The van der Waals surface area contributed by atoms with Crippen LogP contribution in [0, 0.1) is 0 Å². The van der Waals surface area contributed by atoms with E-state index in [0.29, 0.717) is 55.6 Å². The third-order valence-corrected chi connectivity index (χ3v) is 7.17. The van der Waals surface area contributed by atoms with Gasteiger partial charge in [0.05, 0.1) is 21.3 Å². The second-order valence-electron chi connectivity index (χ2n) is 9.52. The number of rotatable bonds is 8. The van der Waals surface area contributed by atoms with Crippen LogP contribution in [-0.4, -0.2) is 75.7 Å². The van der Waals surface area contributed by atoms with E-state index in [9.17, 15) is 9.59 Å². The van der Waals surface area contributed by atoms with Gasteiger partial charge in [0.1, 0.15) is 11.3 Å². The maximum atomic E-state index is 13.4. The van der Waals surface area contributed by atoms with E-state index in [1.54, 1.807) is 39.5 Å². The number of ether oxygens (including phenoxy) is 3. The summed E-state index contributed by atoms with van der Waals surface area (Å²) in [5, 5.41) is 3.75. The van der Waals surface area contributed by atoms with Crippen molar-refractivity contribution >= 4 is 22.8 Å². The van der Waals surface area contributed by atoms with Crippen molar-refractivity contribution in [3.8, 4) is 17.2 Å². The summed E-state index contributed by atoms with van der Waals surface area (Å²) in [7, 11) is 4.85. The van der Waals surface area contributed by atoms with E-state index in [1.165, 1.54) is 5.56 Å². The molecule has 0 aliphatic carbocycles.